The van der Waals surface area contributed by atoms with Crippen LogP contribution in [0.5, 0.6) is 5.75 Å². The predicted molar refractivity (Wildman–Crippen MR) is 172 cm³/mol. The van der Waals surface area contributed by atoms with Crippen molar-refractivity contribution < 1.29 is 43.0 Å². The number of carbonyl (C=O) groups excluding carboxylic acids is 4. The highest BCUT2D eigenvalue weighted by Gasteiger charge is 2.43. The normalized spacial score (nSPS) is 15.5. The van der Waals surface area contributed by atoms with Gasteiger partial charge in [0.05, 0.1) is 17.6 Å². The maximum atomic E-state index is 14.1. The van der Waals surface area contributed by atoms with E-state index in [2.05, 4.69) is 10.6 Å². The van der Waals surface area contributed by atoms with E-state index < -0.39 is 47.2 Å². The fourth-order valence-electron chi connectivity index (χ4n) is 5.48. The Balaban J connectivity index is 1.55. The van der Waals surface area contributed by atoms with Crippen molar-refractivity contribution in [2.45, 2.75) is 69.9 Å². The summed E-state index contributed by atoms with van der Waals surface area (Å²) in [5.74, 6) is -1.71. The Bertz CT molecular complexity index is 1510. The molecular weight excluding hydrogens is 622 g/mol. The van der Waals surface area contributed by atoms with Crippen LogP contribution in [0.4, 0.5) is 10.5 Å². The van der Waals surface area contributed by atoms with Gasteiger partial charge in [-0.2, -0.15) is 0 Å². The molecule has 2 unspecified atom stereocenters. The molecule has 3 aromatic rings. The van der Waals surface area contributed by atoms with Crippen molar-refractivity contribution in [3.05, 3.63) is 106 Å². The van der Waals surface area contributed by atoms with Crippen LogP contribution in [0.15, 0.2) is 84.9 Å². The van der Waals surface area contributed by atoms with Gasteiger partial charge in [-0.05, 0) is 48.9 Å². The lowest BCUT2D eigenvalue weighted by molar-refractivity contribution is -0.384. The van der Waals surface area contributed by atoms with Gasteiger partial charge in [-0.3, -0.25) is 19.7 Å². The summed E-state index contributed by atoms with van der Waals surface area (Å²) in [7, 11) is 0. The molecule has 0 spiro atoms. The molecule has 1 aliphatic carbocycles. The third-order valence-corrected chi connectivity index (χ3v) is 8.06. The molecule has 1 fully saturated rings. The summed E-state index contributed by atoms with van der Waals surface area (Å²) in [6.45, 7) is 0.576. The SMILES string of the molecule is C[C@@](COC(=O)Oc1ccc([N+](=O)[O-])cc1)(NC(=O)C(OCc1ccccc1)C(NC=O)C1CCCCC1)C(=O)OCc1ccccc1. The summed E-state index contributed by atoms with van der Waals surface area (Å²) in [4.78, 5) is 62.5. The molecule has 0 heterocycles. The van der Waals surface area contributed by atoms with Crippen LogP contribution in [0.25, 0.3) is 0 Å². The number of amides is 2. The van der Waals surface area contributed by atoms with Crippen LogP contribution >= 0.6 is 0 Å². The van der Waals surface area contributed by atoms with Crippen LogP contribution in [-0.4, -0.2) is 53.7 Å². The van der Waals surface area contributed by atoms with E-state index in [1.165, 1.54) is 19.1 Å². The van der Waals surface area contributed by atoms with Crippen molar-refractivity contribution in [2.75, 3.05) is 6.61 Å². The van der Waals surface area contributed by atoms with Crippen molar-refractivity contribution in [3.8, 4) is 5.75 Å². The van der Waals surface area contributed by atoms with E-state index in [-0.39, 0.29) is 30.6 Å². The van der Waals surface area contributed by atoms with Crippen LogP contribution < -0.4 is 15.4 Å². The molecule has 48 heavy (non-hydrogen) atoms. The van der Waals surface area contributed by atoms with Gasteiger partial charge in [0.1, 0.15) is 19.0 Å². The van der Waals surface area contributed by atoms with Crippen molar-refractivity contribution in [2.24, 2.45) is 5.92 Å². The summed E-state index contributed by atoms with van der Waals surface area (Å²) in [5.41, 5.74) is -0.639. The number of ether oxygens (including phenoxy) is 4. The number of benzene rings is 3. The lowest BCUT2D eigenvalue weighted by atomic mass is 9.81. The van der Waals surface area contributed by atoms with Gasteiger partial charge in [0.25, 0.3) is 11.6 Å². The minimum atomic E-state index is -1.92. The summed E-state index contributed by atoms with van der Waals surface area (Å²) in [5, 5.41) is 16.4. The molecule has 13 nitrogen and oxygen atoms in total. The first-order chi connectivity index (χ1) is 23.2. The maximum Gasteiger partial charge on any atom is 0.513 e. The van der Waals surface area contributed by atoms with Crippen LogP contribution in [0.3, 0.4) is 0 Å². The zero-order chi connectivity index (χ0) is 34.4. The van der Waals surface area contributed by atoms with Gasteiger partial charge in [-0.1, -0.05) is 79.9 Å². The highest BCUT2D eigenvalue weighted by molar-refractivity contribution is 5.90. The standard InChI is InChI=1S/C35H39N3O10/c1-35(33(41)46-22-26-13-7-3-8-14-26,23-47-34(42)48-29-19-17-28(18-20-29)38(43)44)37-32(40)31(45-21-25-11-5-2-6-12-25)30(36-24-39)27-15-9-4-10-16-27/h2-3,5-8,11-14,17-20,24,27,30-31H,4,9-10,15-16,21-23H2,1H3,(H,36,39)(H,37,40)/t30?,31?,35-/m0/s1. The Morgan fingerprint density at radius 2 is 1.50 bits per heavy atom. The van der Waals surface area contributed by atoms with E-state index in [9.17, 15) is 29.3 Å². The molecule has 3 atom stereocenters. The maximum absolute atomic E-state index is 14.1. The lowest BCUT2D eigenvalue weighted by Gasteiger charge is -2.36. The van der Waals surface area contributed by atoms with Gasteiger partial charge in [-0.25, -0.2) is 9.59 Å². The van der Waals surface area contributed by atoms with Crippen LogP contribution in [0.1, 0.15) is 50.2 Å². The number of nitrogens with zero attached hydrogens (tertiary/aromatic N) is 1. The monoisotopic (exact) mass is 661 g/mol. The Hall–Kier alpha value is -5.30. The number of nitro groups is 1. The van der Waals surface area contributed by atoms with Crippen molar-refractivity contribution in [3.63, 3.8) is 0 Å². The molecule has 4 rings (SSSR count). The average molecular weight is 662 g/mol. The first-order valence-corrected chi connectivity index (χ1v) is 15.7. The summed E-state index contributed by atoms with van der Waals surface area (Å²) < 4.78 is 22.1. The Morgan fingerprint density at radius 1 is 0.896 bits per heavy atom. The lowest BCUT2D eigenvalue weighted by Crippen LogP contribution is -2.62. The zero-order valence-electron chi connectivity index (χ0n) is 26.6. The molecule has 0 bridgehead atoms. The van der Waals surface area contributed by atoms with Gasteiger partial charge in [0, 0.05) is 12.1 Å². The smallest absolute Gasteiger partial charge is 0.459 e. The number of hydrogen-bond acceptors (Lipinski definition) is 10. The highest BCUT2D eigenvalue weighted by Crippen LogP contribution is 2.29. The fraction of sp³-hybridized carbons (Fsp3) is 0.371. The number of esters is 1. The largest absolute Gasteiger partial charge is 0.513 e. The van der Waals surface area contributed by atoms with Crippen molar-refractivity contribution in [1.82, 2.24) is 10.6 Å². The number of rotatable bonds is 16. The molecule has 0 aromatic heterocycles. The molecule has 254 valence electrons. The minimum absolute atomic E-state index is 0.0346. The molecule has 0 radical (unpaired) electrons. The Morgan fingerprint density at radius 3 is 2.08 bits per heavy atom. The molecule has 1 aliphatic rings. The summed E-state index contributed by atoms with van der Waals surface area (Å²) >= 11 is 0. The molecule has 2 amide bonds. The van der Waals surface area contributed by atoms with Crippen LogP contribution in [-0.2, 0) is 41.8 Å². The summed E-state index contributed by atoms with van der Waals surface area (Å²) in [6, 6.07) is 22.1. The topological polar surface area (TPSA) is 172 Å². The molecule has 0 saturated heterocycles. The molecule has 0 aliphatic heterocycles. The van der Waals surface area contributed by atoms with Gasteiger partial charge < -0.3 is 29.6 Å². The number of carbonyl (C=O) groups is 4. The molecule has 13 heteroatoms. The Labute approximate surface area is 278 Å². The van der Waals surface area contributed by atoms with Crippen LogP contribution in [0, 0.1) is 16.0 Å². The van der Waals surface area contributed by atoms with Crippen molar-refractivity contribution >= 4 is 30.1 Å². The van der Waals surface area contributed by atoms with E-state index >= 15 is 0 Å². The second kappa shape index (κ2) is 17.6. The number of nitro benzene ring substituents is 1. The Kier molecular flexibility index (Phi) is 13.0. The minimum Gasteiger partial charge on any atom is -0.459 e. The van der Waals surface area contributed by atoms with Gasteiger partial charge in [0.15, 0.2) is 11.6 Å². The third-order valence-electron chi connectivity index (χ3n) is 8.06. The first kappa shape index (κ1) is 35.6. The third kappa shape index (κ3) is 10.4. The van der Waals surface area contributed by atoms with E-state index in [1.54, 1.807) is 24.3 Å². The summed E-state index contributed by atoms with van der Waals surface area (Å²) in [6.07, 6.45) is 2.56. The van der Waals surface area contributed by atoms with E-state index in [0.29, 0.717) is 12.0 Å². The highest BCUT2D eigenvalue weighted by atomic mass is 16.7. The fourth-order valence-corrected chi connectivity index (χ4v) is 5.48. The van der Waals surface area contributed by atoms with Crippen molar-refractivity contribution in [1.29, 1.82) is 0 Å². The molecule has 2 N–H and O–H groups in total. The zero-order valence-corrected chi connectivity index (χ0v) is 26.6. The van der Waals surface area contributed by atoms with Gasteiger partial charge >= 0.3 is 12.1 Å². The second-order valence-corrected chi connectivity index (χ2v) is 11.7. The molecule has 1 saturated carbocycles. The van der Waals surface area contributed by atoms with Crippen LogP contribution in [0.2, 0.25) is 0 Å². The van der Waals surface area contributed by atoms with E-state index in [4.69, 9.17) is 18.9 Å². The number of hydrogen-bond donors (Lipinski definition) is 2. The van der Waals surface area contributed by atoms with E-state index in [0.717, 1.165) is 49.8 Å². The number of nitrogens with one attached hydrogen (secondary N) is 2. The van der Waals surface area contributed by atoms with Gasteiger partial charge in [0.2, 0.25) is 6.41 Å². The number of non-ortho nitro benzene ring substituents is 1. The molecular formula is C35H39N3O10. The quantitative estimate of drug-likeness (QED) is 0.0699. The second-order valence-electron chi connectivity index (χ2n) is 11.7. The van der Waals surface area contributed by atoms with Gasteiger partial charge in [-0.15, -0.1) is 0 Å². The molecule has 3 aromatic carbocycles. The first-order valence-electron chi connectivity index (χ1n) is 15.7. The predicted octanol–water partition coefficient (Wildman–Crippen LogP) is 5.01. The van der Waals surface area contributed by atoms with E-state index in [1.807, 2.05) is 36.4 Å². The average Bonchev–Trinajstić information content (AvgIpc) is 3.11.